The molecule has 3 aromatic rings. The molecular formula is C23H26FN3O4S. The number of allylic oxidation sites excluding steroid dienone is 1. The van der Waals surface area contributed by atoms with Gasteiger partial charge in [0, 0.05) is 0 Å². The summed E-state index contributed by atoms with van der Waals surface area (Å²) in [5, 5.41) is 0. The van der Waals surface area contributed by atoms with Gasteiger partial charge in [-0.1, -0.05) is 13.0 Å². The monoisotopic (exact) mass is 459 g/mol. The third-order valence-corrected chi connectivity index (χ3v) is 5.76. The van der Waals surface area contributed by atoms with Crippen LogP contribution in [0.25, 0.3) is 17.1 Å². The van der Waals surface area contributed by atoms with Crippen molar-refractivity contribution in [3.63, 3.8) is 0 Å². The lowest BCUT2D eigenvalue weighted by Crippen LogP contribution is -2.26. The number of nitrogens with zero attached hydrogens (tertiary/aromatic N) is 2. The van der Waals surface area contributed by atoms with Gasteiger partial charge < -0.3 is 9.30 Å². The van der Waals surface area contributed by atoms with Crippen LogP contribution in [0.1, 0.15) is 39.9 Å². The van der Waals surface area contributed by atoms with E-state index in [-0.39, 0.29) is 11.4 Å². The Hall–Kier alpha value is -3.20. The Kier molecular flexibility index (Phi) is 6.68. The highest BCUT2D eigenvalue weighted by Crippen LogP contribution is 2.24. The fourth-order valence-electron chi connectivity index (χ4n) is 3.06. The molecule has 170 valence electrons. The fourth-order valence-corrected chi connectivity index (χ4v) is 4.11. The molecule has 0 aliphatic rings. The van der Waals surface area contributed by atoms with E-state index in [0.717, 1.165) is 18.6 Å². The predicted molar refractivity (Wildman–Crippen MR) is 122 cm³/mol. The maximum atomic E-state index is 13.1. The lowest BCUT2D eigenvalue weighted by atomic mass is 10.2. The summed E-state index contributed by atoms with van der Waals surface area (Å²) in [6, 6.07) is 9.43. The molecule has 0 aliphatic carbocycles. The number of hydrogen-bond donors (Lipinski definition) is 1. The minimum absolute atomic E-state index is 0.0299. The number of sulfonamides is 1. The summed E-state index contributed by atoms with van der Waals surface area (Å²) in [4.78, 5) is 16.9. The van der Waals surface area contributed by atoms with E-state index in [9.17, 15) is 17.6 Å². The molecule has 3 rings (SSSR count). The second-order valence-corrected chi connectivity index (χ2v) is 9.90. The van der Waals surface area contributed by atoms with E-state index in [1.54, 1.807) is 43.5 Å². The summed E-state index contributed by atoms with van der Waals surface area (Å²) in [5.74, 6) is -0.358. The van der Waals surface area contributed by atoms with Gasteiger partial charge in [-0.15, -0.1) is 0 Å². The third kappa shape index (κ3) is 5.73. The quantitative estimate of drug-likeness (QED) is 0.516. The molecule has 0 spiro atoms. The van der Waals surface area contributed by atoms with Crippen LogP contribution in [0.3, 0.4) is 0 Å². The molecule has 0 radical (unpaired) electrons. The van der Waals surface area contributed by atoms with Crippen LogP contribution in [0, 0.1) is 5.82 Å². The molecule has 0 unspecified atom stereocenters. The molecule has 0 fully saturated rings. The summed E-state index contributed by atoms with van der Waals surface area (Å²) in [6.45, 7) is 7.36. The Bertz CT molecular complexity index is 1260. The molecule has 0 saturated carbocycles. The Morgan fingerprint density at radius 3 is 2.50 bits per heavy atom. The van der Waals surface area contributed by atoms with Gasteiger partial charge in [-0.25, -0.2) is 17.8 Å². The van der Waals surface area contributed by atoms with Crippen molar-refractivity contribution in [2.45, 2.75) is 51.2 Å². The first kappa shape index (κ1) is 23.5. The summed E-state index contributed by atoms with van der Waals surface area (Å²) in [5.41, 5.74) is 0.869. The maximum Gasteiger partial charge on any atom is 0.326 e. The zero-order chi connectivity index (χ0) is 23.5. The molecule has 1 heterocycles. The van der Waals surface area contributed by atoms with Crippen molar-refractivity contribution in [2.75, 3.05) is 4.72 Å². The number of hydrogen-bond acceptors (Lipinski definition) is 5. The van der Waals surface area contributed by atoms with Crippen molar-refractivity contribution in [2.24, 2.45) is 0 Å². The Morgan fingerprint density at radius 1 is 1.19 bits per heavy atom. The number of rotatable bonds is 7. The van der Waals surface area contributed by atoms with Gasteiger partial charge in [0.15, 0.2) is 0 Å². The first-order chi connectivity index (χ1) is 15.0. The van der Waals surface area contributed by atoms with E-state index >= 15 is 0 Å². The van der Waals surface area contributed by atoms with Crippen LogP contribution in [-0.2, 0) is 26.1 Å². The van der Waals surface area contributed by atoms with Crippen LogP contribution in [-0.4, -0.2) is 29.5 Å². The fraction of sp³-hybridized carbons (Fsp3) is 0.304. The molecule has 0 saturated heterocycles. The molecule has 0 bridgehead atoms. The molecule has 9 heteroatoms. The number of carbonyl (C=O) groups excluding carboxylic acids is 1. The van der Waals surface area contributed by atoms with Gasteiger partial charge in [0.05, 0.1) is 21.6 Å². The maximum absolute atomic E-state index is 13.1. The number of esters is 1. The number of carbonyl (C=O) groups is 1. The van der Waals surface area contributed by atoms with Crippen molar-refractivity contribution in [1.29, 1.82) is 0 Å². The van der Waals surface area contributed by atoms with Crippen molar-refractivity contribution in [1.82, 2.24) is 9.55 Å². The van der Waals surface area contributed by atoms with E-state index in [1.807, 2.05) is 19.1 Å². The SMILES string of the molecule is CCC=Cc1nc2cc(NS(=O)(=O)c3ccc(F)cc3)ccc2n1CC(=O)OC(C)(C)C. The number of benzene rings is 2. The number of fused-ring (bicyclic) bond motifs is 1. The Morgan fingerprint density at radius 2 is 1.88 bits per heavy atom. The topological polar surface area (TPSA) is 90.3 Å². The minimum atomic E-state index is -3.89. The van der Waals surface area contributed by atoms with Gasteiger partial charge >= 0.3 is 5.97 Å². The van der Waals surface area contributed by atoms with E-state index in [2.05, 4.69) is 9.71 Å². The van der Waals surface area contributed by atoms with Crippen LogP contribution in [0.4, 0.5) is 10.1 Å². The summed E-state index contributed by atoms with van der Waals surface area (Å²) < 4.78 is 48.0. The van der Waals surface area contributed by atoms with Crippen LogP contribution in [0.2, 0.25) is 0 Å². The lowest BCUT2D eigenvalue weighted by molar-refractivity contribution is -0.155. The van der Waals surface area contributed by atoms with Crippen LogP contribution in [0.5, 0.6) is 0 Å². The summed E-state index contributed by atoms with van der Waals surface area (Å²) in [6.07, 6.45) is 4.52. The number of aromatic nitrogens is 2. The molecule has 1 aromatic heterocycles. The molecule has 7 nitrogen and oxygen atoms in total. The van der Waals surface area contributed by atoms with Crippen LogP contribution < -0.4 is 4.72 Å². The molecule has 2 aromatic carbocycles. The first-order valence-electron chi connectivity index (χ1n) is 10.2. The average Bonchev–Trinajstić information content (AvgIpc) is 3.01. The molecule has 1 N–H and O–H groups in total. The summed E-state index contributed by atoms with van der Waals surface area (Å²) in [7, 11) is -3.89. The zero-order valence-electron chi connectivity index (χ0n) is 18.4. The number of ether oxygens (including phenoxy) is 1. The van der Waals surface area contributed by atoms with Crippen LogP contribution in [0.15, 0.2) is 53.4 Å². The number of nitrogens with one attached hydrogen (secondary N) is 1. The van der Waals surface area contributed by atoms with Gasteiger partial charge in [0.25, 0.3) is 10.0 Å². The van der Waals surface area contributed by atoms with E-state index in [4.69, 9.17) is 4.74 Å². The van der Waals surface area contributed by atoms with Gasteiger partial charge in [0.1, 0.15) is 23.8 Å². The predicted octanol–water partition coefficient (Wildman–Crippen LogP) is 4.74. The number of anilines is 1. The molecule has 0 aliphatic heterocycles. The average molecular weight is 460 g/mol. The summed E-state index contributed by atoms with van der Waals surface area (Å²) >= 11 is 0. The molecule has 0 atom stereocenters. The number of halogens is 1. The van der Waals surface area contributed by atoms with E-state index < -0.39 is 27.4 Å². The van der Waals surface area contributed by atoms with Crippen molar-refractivity contribution in [3.8, 4) is 0 Å². The van der Waals surface area contributed by atoms with Crippen molar-refractivity contribution < 1.29 is 22.3 Å². The highest BCUT2D eigenvalue weighted by Gasteiger charge is 2.20. The lowest BCUT2D eigenvalue weighted by Gasteiger charge is -2.20. The van der Waals surface area contributed by atoms with E-state index in [1.165, 1.54) is 12.1 Å². The van der Waals surface area contributed by atoms with Crippen molar-refractivity contribution >= 4 is 38.8 Å². The smallest absolute Gasteiger partial charge is 0.326 e. The first-order valence-corrected chi connectivity index (χ1v) is 11.6. The van der Waals surface area contributed by atoms with Gasteiger partial charge in [-0.05, 0) is 75.7 Å². The zero-order valence-corrected chi connectivity index (χ0v) is 19.2. The number of imidazole rings is 1. The largest absolute Gasteiger partial charge is 0.459 e. The minimum Gasteiger partial charge on any atom is -0.459 e. The van der Waals surface area contributed by atoms with Crippen molar-refractivity contribution in [3.05, 3.63) is 60.2 Å². The standard InChI is InChI=1S/C23H26FN3O4S/c1-5-6-7-21-25-19-14-17(26-32(29,30)18-11-8-16(24)9-12-18)10-13-20(19)27(21)15-22(28)31-23(2,3)4/h6-14,26H,5,15H2,1-4H3. The normalized spacial score (nSPS) is 12.4. The second kappa shape index (κ2) is 9.12. The van der Waals surface area contributed by atoms with Gasteiger partial charge in [-0.2, -0.15) is 0 Å². The molecule has 32 heavy (non-hydrogen) atoms. The van der Waals surface area contributed by atoms with Crippen LogP contribution >= 0.6 is 0 Å². The molecular weight excluding hydrogens is 433 g/mol. The van der Waals surface area contributed by atoms with Gasteiger partial charge in [0.2, 0.25) is 0 Å². The third-order valence-electron chi connectivity index (χ3n) is 4.36. The second-order valence-electron chi connectivity index (χ2n) is 8.22. The highest BCUT2D eigenvalue weighted by molar-refractivity contribution is 7.92. The molecule has 0 amide bonds. The van der Waals surface area contributed by atoms with E-state index in [0.29, 0.717) is 22.5 Å². The Balaban J connectivity index is 1.95. The van der Waals surface area contributed by atoms with Gasteiger partial charge in [-0.3, -0.25) is 9.52 Å². The highest BCUT2D eigenvalue weighted by atomic mass is 32.2. The Labute approximate surface area is 187 Å².